The van der Waals surface area contributed by atoms with E-state index in [0.29, 0.717) is 6.42 Å². The predicted molar refractivity (Wildman–Crippen MR) is 163 cm³/mol. The summed E-state index contributed by atoms with van der Waals surface area (Å²) in [5.74, 6) is 0.944. The van der Waals surface area contributed by atoms with Crippen molar-refractivity contribution in [2.75, 3.05) is 39.6 Å². The first-order valence-corrected chi connectivity index (χ1v) is 14.1. The van der Waals surface area contributed by atoms with Crippen molar-refractivity contribution in [3.8, 4) is 0 Å². The summed E-state index contributed by atoms with van der Waals surface area (Å²) in [5, 5.41) is 15.0. The number of benzene rings is 3. The standard InChI is InChI=1S/C33H36BrN3O/c1-36(2)18-17-33(38,29-16-10-14-24-13-8-9-15-28(24)29)30-22-27(34)21-25-20-26(19-23-11-6-5-7-12-23)32(37(3)4)35-31(25)30/h5-16,20,22,27,38H,17-19,21H2,1-4H3. The van der Waals surface area contributed by atoms with Crippen LogP contribution in [0.25, 0.3) is 16.3 Å². The minimum Gasteiger partial charge on any atom is -0.380 e. The van der Waals surface area contributed by atoms with Crippen LogP contribution in [0.1, 0.15) is 34.4 Å². The quantitative estimate of drug-likeness (QED) is 0.248. The molecule has 0 saturated heterocycles. The second-order valence-corrected chi connectivity index (χ2v) is 12.0. The Labute approximate surface area is 234 Å². The maximum Gasteiger partial charge on any atom is 0.132 e. The molecule has 1 N–H and O–H groups in total. The van der Waals surface area contributed by atoms with Crippen LogP contribution >= 0.6 is 15.9 Å². The molecule has 2 unspecified atom stereocenters. The van der Waals surface area contributed by atoms with E-state index in [1.54, 1.807) is 0 Å². The summed E-state index contributed by atoms with van der Waals surface area (Å²) < 4.78 is 0. The monoisotopic (exact) mass is 569 g/mol. The number of aromatic nitrogens is 1. The Morgan fingerprint density at radius 2 is 1.66 bits per heavy atom. The number of hydrogen-bond acceptors (Lipinski definition) is 4. The van der Waals surface area contributed by atoms with E-state index in [0.717, 1.165) is 52.8 Å². The van der Waals surface area contributed by atoms with Gasteiger partial charge in [0, 0.05) is 37.5 Å². The smallest absolute Gasteiger partial charge is 0.132 e. The Morgan fingerprint density at radius 1 is 0.947 bits per heavy atom. The Hall–Kier alpha value is -2.99. The zero-order chi connectivity index (χ0) is 26.9. The normalized spacial score (nSPS) is 16.7. The minimum atomic E-state index is -1.20. The van der Waals surface area contributed by atoms with Gasteiger partial charge in [-0.3, -0.25) is 0 Å². The van der Waals surface area contributed by atoms with E-state index in [1.165, 1.54) is 16.7 Å². The molecule has 38 heavy (non-hydrogen) atoms. The summed E-state index contributed by atoms with van der Waals surface area (Å²) in [4.78, 5) is 9.62. The molecule has 0 fully saturated rings. The van der Waals surface area contributed by atoms with Crippen LogP contribution in [0.2, 0.25) is 0 Å². The topological polar surface area (TPSA) is 39.6 Å². The highest BCUT2D eigenvalue weighted by Gasteiger charge is 2.40. The number of halogens is 1. The fourth-order valence-electron chi connectivity index (χ4n) is 5.56. The van der Waals surface area contributed by atoms with E-state index in [9.17, 15) is 5.11 Å². The van der Waals surface area contributed by atoms with Crippen LogP contribution in [-0.4, -0.2) is 54.6 Å². The summed E-state index contributed by atoms with van der Waals surface area (Å²) in [6, 6.07) is 27.4. The van der Waals surface area contributed by atoms with Crippen LogP contribution < -0.4 is 4.90 Å². The fourth-order valence-corrected chi connectivity index (χ4v) is 6.18. The van der Waals surface area contributed by atoms with Crippen molar-refractivity contribution in [3.63, 3.8) is 0 Å². The van der Waals surface area contributed by atoms with E-state index < -0.39 is 5.60 Å². The number of alkyl halides is 1. The highest BCUT2D eigenvalue weighted by molar-refractivity contribution is 9.09. The molecule has 0 spiro atoms. The molecule has 2 atom stereocenters. The fraction of sp³-hybridized carbons (Fsp3) is 0.303. The number of nitrogens with zero attached hydrogens (tertiary/aromatic N) is 3. The molecule has 3 aromatic carbocycles. The Balaban J connectivity index is 1.69. The van der Waals surface area contributed by atoms with Crippen molar-refractivity contribution in [2.45, 2.75) is 29.7 Å². The molecule has 196 valence electrons. The van der Waals surface area contributed by atoms with Crippen molar-refractivity contribution >= 4 is 38.1 Å². The van der Waals surface area contributed by atoms with Crippen molar-refractivity contribution in [1.29, 1.82) is 0 Å². The second-order valence-electron chi connectivity index (χ2n) is 10.8. The van der Waals surface area contributed by atoms with Crippen LogP contribution in [0.5, 0.6) is 0 Å². The van der Waals surface area contributed by atoms with Gasteiger partial charge in [-0.1, -0.05) is 94.8 Å². The average molecular weight is 571 g/mol. The van der Waals surface area contributed by atoms with Crippen LogP contribution in [-0.2, 0) is 18.4 Å². The third kappa shape index (κ3) is 5.28. The molecule has 1 heterocycles. The summed E-state index contributed by atoms with van der Waals surface area (Å²) in [6.07, 6.45) is 4.39. The molecular formula is C33H36BrN3O. The molecule has 0 saturated carbocycles. The molecule has 1 aliphatic rings. The number of allylic oxidation sites excluding steroid dienone is 1. The van der Waals surface area contributed by atoms with Crippen LogP contribution in [0.4, 0.5) is 5.82 Å². The second kappa shape index (κ2) is 11.0. The first-order valence-electron chi connectivity index (χ1n) is 13.2. The average Bonchev–Trinajstić information content (AvgIpc) is 2.91. The molecule has 0 bridgehead atoms. The number of hydrogen-bond donors (Lipinski definition) is 1. The molecule has 0 aliphatic heterocycles. The van der Waals surface area contributed by atoms with Gasteiger partial charge in [0.05, 0.1) is 5.69 Å². The lowest BCUT2D eigenvalue weighted by Gasteiger charge is -2.37. The zero-order valence-corrected chi connectivity index (χ0v) is 24.2. The van der Waals surface area contributed by atoms with Crippen molar-refractivity contribution in [1.82, 2.24) is 9.88 Å². The number of rotatable bonds is 8. The highest BCUT2D eigenvalue weighted by Crippen LogP contribution is 2.46. The van der Waals surface area contributed by atoms with Crippen LogP contribution in [0, 0.1) is 0 Å². The lowest BCUT2D eigenvalue weighted by atomic mass is 9.75. The number of aliphatic hydroxyl groups is 1. The largest absolute Gasteiger partial charge is 0.380 e. The van der Waals surface area contributed by atoms with Crippen molar-refractivity contribution in [3.05, 3.63) is 113 Å². The van der Waals surface area contributed by atoms with Gasteiger partial charge in [0.1, 0.15) is 11.4 Å². The first kappa shape index (κ1) is 26.6. The van der Waals surface area contributed by atoms with Gasteiger partial charge in [0.2, 0.25) is 0 Å². The van der Waals surface area contributed by atoms with E-state index >= 15 is 0 Å². The molecule has 4 aromatic rings. The highest BCUT2D eigenvalue weighted by atomic mass is 79.9. The summed E-state index contributed by atoms with van der Waals surface area (Å²) in [6.45, 7) is 0.742. The third-order valence-corrected chi connectivity index (χ3v) is 8.03. The molecule has 0 radical (unpaired) electrons. The predicted octanol–water partition coefficient (Wildman–Crippen LogP) is 6.43. The minimum absolute atomic E-state index is 0.113. The van der Waals surface area contributed by atoms with Gasteiger partial charge in [0.25, 0.3) is 0 Å². The van der Waals surface area contributed by atoms with Crippen LogP contribution in [0.15, 0.2) is 84.9 Å². The van der Waals surface area contributed by atoms with Gasteiger partial charge in [0.15, 0.2) is 0 Å². The van der Waals surface area contributed by atoms with Gasteiger partial charge in [-0.15, -0.1) is 0 Å². The van der Waals surface area contributed by atoms with Gasteiger partial charge in [-0.25, -0.2) is 4.98 Å². The van der Waals surface area contributed by atoms with Gasteiger partial charge >= 0.3 is 0 Å². The molecule has 4 nitrogen and oxygen atoms in total. The number of pyridine rings is 1. The van der Waals surface area contributed by atoms with E-state index in [-0.39, 0.29) is 4.83 Å². The van der Waals surface area contributed by atoms with E-state index in [4.69, 9.17) is 4.98 Å². The van der Waals surface area contributed by atoms with Gasteiger partial charge in [-0.05, 0) is 66.0 Å². The summed E-state index contributed by atoms with van der Waals surface area (Å²) in [5.41, 5.74) is 5.13. The van der Waals surface area contributed by atoms with Crippen LogP contribution in [0.3, 0.4) is 0 Å². The Morgan fingerprint density at radius 3 is 2.39 bits per heavy atom. The zero-order valence-electron chi connectivity index (χ0n) is 22.7. The molecule has 5 rings (SSSR count). The summed E-state index contributed by atoms with van der Waals surface area (Å²) in [7, 11) is 8.20. The van der Waals surface area contributed by atoms with Crippen molar-refractivity contribution < 1.29 is 5.11 Å². The van der Waals surface area contributed by atoms with E-state index in [2.05, 4.69) is 113 Å². The Bertz CT molecular complexity index is 1460. The maximum absolute atomic E-state index is 12.8. The molecular weight excluding hydrogens is 534 g/mol. The number of anilines is 1. The summed E-state index contributed by atoms with van der Waals surface area (Å²) >= 11 is 3.90. The lowest BCUT2D eigenvalue weighted by Crippen LogP contribution is -2.35. The number of fused-ring (bicyclic) bond motifs is 2. The Kier molecular flexibility index (Phi) is 7.71. The van der Waals surface area contributed by atoms with Gasteiger partial charge < -0.3 is 14.9 Å². The lowest BCUT2D eigenvalue weighted by molar-refractivity contribution is 0.0823. The first-order chi connectivity index (χ1) is 18.3. The SMILES string of the molecule is CN(C)CCC(O)(C1=CC(Br)Cc2cc(Cc3ccccc3)c(N(C)C)nc21)c1cccc2ccccc12. The molecule has 1 aromatic heterocycles. The van der Waals surface area contributed by atoms with Gasteiger partial charge in [-0.2, -0.15) is 0 Å². The van der Waals surface area contributed by atoms with Crippen molar-refractivity contribution in [2.24, 2.45) is 0 Å². The van der Waals surface area contributed by atoms with E-state index in [1.807, 2.05) is 26.2 Å². The molecule has 0 amide bonds. The maximum atomic E-state index is 12.8. The molecule has 1 aliphatic carbocycles. The molecule has 5 heteroatoms. The third-order valence-electron chi connectivity index (χ3n) is 7.44.